The average Bonchev–Trinajstić information content (AvgIpc) is 2.29. The van der Waals surface area contributed by atoms with Crippen LogP contribution in [0.2, 0.25) is 0 Å². The first-order valence-corrected chi connectivity index (χ1v) is 5.71. The molecule has 0 unspecified atom stereocenters. The van der Waals surface area contributed by atoms with Gasteiger partial charge in [-0.1, -0.05) is 13.8 Å². The van der Waals surface area contributed by atoms with E-state index in [1.54, 1.807) is 14.0 Å². The molecule has 0 aliphatic carbocycles. The average molecular weight is 216 g/mol. The third-order valence-corrected chi connectivity index (χ3v) is 2.43. The van der Waals surface area contributed by atoms with Crippen LogP contribution in [0.4, 0.5) is 0 Å². The van der Waals surface area contributed by atoms with Crippen molar-refractivity contribution in [1.29, 1.82) is 0 Å². The first-order chi connectivity index (χ1) is 7.24. The van der Waals surface area contributed by atoms with Gasteiger partial charge in [-0.2, -0.15) is 0 Å². The molecule has 1 heterocycles. The van der Waals surface area contributed by atoms with E-state index in [2.05, 4.69) is 4.90 Å². The molecule has 4 nitrogen and oxygen atoms in total. The molecule has 1 saturated heterocycles. The Morgan fingerprint density at radius 1 is 1.20 bits per heavy atom. The molecule has 0 atom stereocenters. The second-order valence-electron chi connectivity index (χ2n) is 3.34. The predicted octanol–water partition coefficient (Wildman–Crippen LogP) is 0.823. The molecule has 4 heteroatoms. The highest BCUT2D eigenvalue weighted by Crippen LogP contribution is 2.01. The minimum absolute atomic E-state index is 0.186. The highest BCUT2D eigenvalue weighted by atomic mass is 16.5. The fourth-order valence-corrected chi connectivity index (χ4v) is 1.51. The molecule has 1 amide bonds. The Hall–Kier alpha value is -0.610. The fraction of sp³-hybridized carbons (Fsp3) is 0.909. The van der Waals surface area contributed by atoms with E-state index in [0.29, 0.717) is 0 Å². The maximum atomic E-state index is 11.0. The molecule has 0 aromatic carbocycles. The second-order valence-corrected chi connectivity index (χ2v) is 3.34. The van der Waals surface area contributed by atoms with Gasteiger partial charge in [0.25, 0.3) is 0 Å². The van der Waals surface area contributed by atoms with E-state index in [1.165, 1.54) is 0 Å². The first kappa shape index (κ1) is 14.4. The number of carbonyl (C=O) groups is 1. The summed E-state index contributed by atoms with van der Waals surface area (Å²) in [5.41, 5.74) is 0. The van der Waals surface area contributed by atoms with Gasteiger partial charge >= 0.3 is 0 Å². The zero-order valence-corrected chi connectivity index (χ0v) is 10.5. The van der Waals surface area contributed by atoms with Gasteiger partial charge in [-0.25, -0.2) is 0 Å². The van der Waals surface area contributed by atoms with Crippen molar-refractivity contribution in [3.05, 3.63) is 0 Å². The van der Waals surface area contributed by atoms with Crippen LogP contribution in [-0.4, -0.2) is 62.1 Å². The molecule has 90 valence electrons. The number of nitrogens with zero attached hydrogens (tertiary/aromatic N) is 2. The summed E-state index contributed by atoms with van der Waals surface area (Å²) in [5, 5.41) is 0. The van der Waals surface area contributed by atoms with Crippen LogP contribution in [0.15, 0.2) is 0 Å². The Morgan fingerprint density at radius 3 is 2.13 bits per heavy atom. The largest absolute Gasteiger partial charge is 0.383 e. The number of carbonyl (C=O) groups excluding carboxylic acids is 1. The van der Waals surface area contributed by atoms with E-state index in [-0.39, 0.29) is 5.91 Å². The number of amides is 1. The number of methoxy groups -OCH3 is 1. The van der Waals surface area contributed by atoms with Gasteiger partial charge < -0.3 is 9.64 Å². The number of hydrogen-bond donors (Lipinski definition) is 0. The molecule has 0 bridgehead atoms. The standard InChI is InChI=1S/C9H18N2O2.C2H6/c1-9(12)11-5-3-10(4-6-11)7-8-13-2;1-2/h3-8H2,1-2H3;1-2H3. The summed E-state index contributed by atoms with van der Waals surface area (Å²) in [5.74, 6) is 0.186. The van der Waals surface area contributed by atoms with E-state index in [4.69, 9.17) is 4.74 Å². The quantitative estimate of drug-likeness (QED) is 0.700. The minimum Gasteiger partial charge on any atom is -0.383 e. The lowest BCUT2D eigenvalue weighted by Crippen LogP contribution is -2.48. The maximum absolute atomic E-state index is 11.0. The number of rotatable bonds is 3. The van der Waals surface area contributed by atoms with Crippen LogP contribution < -0.4 is 0 Å². The molecule has 0 aromatic rings. The molecular formula is C11H24N2O2. The number of ether oxygens (including phenoxy) is 1. The topological polar surface area (TPSA) is 32.8 Å². The van der Waals surface area contributed by atoms with Gasteiger partial charge in [0.2, 0.25) is 5.91 Å². The molecule has 0 spiro atoms. The summed E-state index contributed by atoms with van der Waals surface area (Å²) in [6.07, 6.45) is 0. The van der Waals surface area contributed by atoms with Crippen molar-refractivity contribution in [2.24, 2.45) is 0 Å². The maximum Gasteiger partial charge on any atom is 0.219 e. The van der Waals surface area contributed by atoms with E-state index in [0.717, 1.165) is 39.3 Å². The molecule has 0 aromatic heterocycles. The van der Waals surface area contributed by atoms with Gasteiger partial charge in [0.15, 0.2) is 0 Å². The van der Waals surface area contributed by atoms with Crippen molar-refractivity contribution in [1.82, 2.24) is 9.80 Å². The lowest BCUT2D eigenvalue weighted by atomic mass is 10.3. The van der Waals surface area contributed by atoms with E-state index >= 15 is 0 Å². The van der Waals surface area contributed by atoms with Crippen molar-refractivity contribution in [2.45, 2.75) is 20.8 Å². The Bertz CT molecular complexity index is 166. The molecule has 1 rings (SSSR count). The molecular weight excluding hydrogens is 192 g/mol. The van der Waals surface area contributed by atoms with Crippen LogP contribution in [0.1, 0.15) is 20.8 Å². The van der Waals surface area contributed by atoms with E-state index < -0.39 is 0 Å². The third-order valence-electron chi connectivity index (χ3n) is 2.43. The molecule has 1 aliphatic heterocycles. The van der Waals surface area contributed by atoms with Gasteiger partial charge in [-0.05, 0) is 0 Å². The van der Waals surface area contributed by atoms with Gasteiger partial charge in [-0.3, -0.25) is 9.69 Å². The Labute approximate surface area is 93.2 Å². The Balaban J connectivity index is 0.000000921. The first-order valence-electron chi connectivity index (χ1n) is 5.71. The summed E-state index contributed by atoms with van der Waals surface area (Å²) >= 11 is 0. The van der Waals surface area contributed by atoms with Gasteiger partial charge in [0.05, 0.1) is 6.61 Å². The molecule has 1 fully saturated rings. The third kappa shape index (κ3) is 5.74. The molecule has 1 aliphatic rings. The lowest BCUT2D eigenvalue weighted by molar-refractivity contribution is -0.130. The summed E-state index contributed by atoms with van der Waals surface area (Å²) in [4.78, 5) is 15.2. The highest BCUT2D eigenvalue weighted by Gasteiger charge is 2.17. The predicted molar refractivity (Wildman–Crippen MR) is 61.9 cm³/mol. The number of piperazine rings is 1. The summed E-state index contributed by atoms with van der Waals surface area (Å²) in [7, 11) is 1.71. The fourth-order valence-electron chi connectivity index (χ4n) is 1.51. The monoisotopic (exact) mass is 216 g/mol. The van der Waals surface area contributed by atoms with Crippen molar-refractivity contribution in [2.75, 3.05) is 46.4 Å². The van der Waals surface area contributed by atoms with E-state index in [1.807, 2.05) is 18.7 Å². The van der Waals surface area contributed by atoms with Crippen LogP contribution >= 0.6 is 0 Å². The van der Waals surface area contributed by atoms with Gasteiger partial charge in [0, 0.05) is 46.8 Å². The van der Waals surface area contributed by atoms with Crippen LogP contribution in [0, 0.1) is 0 Å². The zero-order valence-electron chi connectivity index (χ0n) is 10.5. The van der Waals surface area contributed by atoms with Crippen molar-refractivity contribution < 1.29 is 9.53 Å². The normalized spacial score (nSPS) is 16.9. The van der Waals surface area contributed by atoms with Crippen LogP contribution in [0.3, 0.4) is 0 Å². The van der Waals surface area contributed by atoms with Gasteiger partial charge in [-0.15, -0.1) is 0 Å². The molecule has 0 saturated carbocycles. The second kappa shape index (κ2) is 8.68. The zero-order chi connectivity index (χ0) is 11.7. The van der Waals surface area contributed by atoms with Gasteiger partial charge in [0.1, 0.15) is 0 Å². The van der Waals surface area contributed by atoms with Crippen LogP contribution in [0.5, 0.6) is 0 Å². The highest BCUT2D eigenvalue weighted by molar-refractivity contribution is 5.73. The molecule has 0 radical (unpaired) electrons. The SMILES string of the molecule is CC.COCCN1CCN(C(C)=O)CC1. The summed E-state index contributed by atoms with van der Waals surface area (Å²) < 4.78 is 5.00. The van der Waals surface area contributed by atoms with Crippen LogP contribution in [0.25, 0.3) is 0 Å². The Morgan fingerprint density at radius 2 is 1.73 bits per heavy atom. The van der Waals surface area contributed by atoms with Crippen LogP contribution in [-0.2, 0) is 9.53 Å². The van der Waals surface area contributed by atoms with Crippen molar-refractivity contribution in [3.63, 3.8) is 0 Å². The molecule has 0 N–H and O–H groups in total. The molecule has 15 heavy (non-hydrogen) atoms. The Kier molecular flexibility index (Phi) is 8.33. The van der Waals surface area contributed by atoms with E-state index in [9.17, 15) is 4.79 Å². The van der Waals surface area contributed by atoms with Crippen molar-refractivity contribution >= 4 is 5.91 Å². The lowest BCUT2D eigenvalue weighted by Gasteiger charge is -2.33. The van der Waals surface area contributed by atoms with Crippen molar-refractivity contribution in [3.8, 4) is 0 Å². The number of hydrogen-bond acceptors (Lipinski definition) is 3. The summed E-state index contributed by atoms with van der Waals surface area (Å²) in [6, 6.07) is 0. The summed E-state index contributed by atoms with van der Waals surface area (Å²) in [6.45, 7) is 11.1. The smallest absolute Gasteiger partial charge is 0.219 e. The minimum atomic E-state index is 0.186.